The molecular weight excluding hydrogens is 370 g/mol. The van der Waals surface area contributed by atoms with Crippen molar-refractivity contribution >= 4 is 18.1 Å². The molecule has 0 bridgehead atoms. The standard InChI is InChI=1S/C21H27N5O3/c1-14(4-5-15-6-7-18-16(12-15)8-11-29-18)23-19-17(13-22)24(2)20(27)26(19)21(28)25-9-3-10-25/h6-7,12-13,16,18,22-23H,1,3-5,8-11H2,2H3. The molecule has 2 N–H and O–H groups in total. The molecule has 8 nitrogen and oxygen atoms in total. The fraction of sp³-hybridized carbons (Fsp3) is 0.476. The van der Waals surface area contributed by atoms with Crippen molar-refractivity contribution in [3.63, 3.8) is 0 Å². The van der Waals surface area contributed by atoms with Gasteiger partial charge in [-0.1, -0.05) is 30.4 Å². The van der Waals surface area contributed by atoms with E-state index in [0.29, 0.717) is 42.6 Å². The van der Waals surface area contributed by atoms with E-state index in [2.05, 4.69) is 30.1 Å². The number of hydrogen-bond acceptors (Lipinski definition) is 5. The molecule has 1 amide bonds. The lowest BCUT2D eigenvalue weighted by atomic mass is 9.91. The van der Waals surface area contributed by atoms with E-state index in [1.54, 1.807) is 11.9 Å². The van der Waals surface area contributed by atoms with Crippen LogP contribution in [0, 0.1) is 11.3 Å². The molecule has 0 saturated carbocycles. The number of ether oxygens (including phenoxy) is 1. The number of nitrogens with one attached hydrogen (secondary N) is 2. The zero-order valence-electron chi connectivity index (χ0n) is 16.7. The van der Waals surface area contributed by atoms with Gasteiger partial charge in [-0.25, -0.2) is 9.59 Å². The largest absolute Gasteiger partial charge is 0.374 e. The molecule has 3 heterocycles. The van der Waals surface area contributed by atoms with Gasteiger partial charge < -0.3 is 20.4 Å². The van der Waals surface area contributed by atoms with Gasteiger partial charge in [0.05, 0.1) is 6.10 Å². The van der Waals surface area contributed by atoms with Crippen molar-refractivity contribution in [2.45, 2.75) is 31.8 Å². The Morgan fingerprint density at radius 2 is 2.24 bits per heavy atom. The van der Waals surface area contributed by atoms with Crippen LogP contribution in [0.15, 0.2) is 40.9 Å². The lowest BCUT2D eigenvalue weighted by Gasteiger charge is -2.30. The van der Waals surface area contributed by atoms with Crippen LogP contribution in [-0.4, -0.2) is 52.1 Å². The monoisotopic (exact) mass is 397 g/mol. The van der Waals surface area contributed by atoms with E-state index < -0.39 is 5.69 Å². The molecule has 1 aromatic rings. The minimum atomic E-state index is -0.458. The first kappa shape index (κ1) is 19.4. The number of imidazole rings is 1. The van der Waals surface area contributed by atoms with Crippen LogP contribution in [0.4, 0.5) is 10.6 Å². The lowest BCUT2D eigenvalue weighted by molar-refractivity contribution is 0.134. The van der Waals surface area contributed by atoms with Gasteiger partial charge in [-0.05, 0) is 25.7 Å². The van der Waals surface area contributed by atoms with E-state index in [4.69, 9.17) is 10.1 Å². The average Bonchev–Trinajstić information content (AvgIpc) is 3.21. The van der Waals surface area contributed by atoms with E-state index in [9.17, 15) is 9.59 Å². The van der Waals surface area contributed by atoms with Gasteiger partial charge in [-0.15, -0.1) is 0 Å². The third kappa shape index (κ3) is 3.60. The Hall–Kier alpha value is -2.87. The summed E-state index contributed by atoms with van der Waals surface area (Å²) in [6.07, 6.45) is 11.3. The number of aromatic nitrogens is 2. The molecule has 0 spiro atoms. The fourth-order valence-corrected chi connectivity index (χ4v) is 3.98. The minimum absolute atomic E-state index is 0.210. The van der Waals surface area contributed by atoms with Gasteiger partial charge in [0.2, 0.25) is 0 Å². The summed E-state index contributed by atoms with van der Waals surface area (Å²) in [6, 6.07) is -0.356. The van der Waals surface area contributed by atoms with Crippen molar-refractivity contribution in [1.29, 1.82) is 5.41 Å². The third-order valence-corrected chi connectivity index (χ3v) is 5.88. The van der Waals surface area contributed by atoms with E-state index in [-0.39, 0.29) is 12.1 Å². The Morgan fingerprint density at radius 3 is 2.93 bits per heavy atom. The Morgan fingerprint density at radius 1 is 1.45 bits per heavy atom. The molecular formula is C21H27N5O3. The van der Waals surface area contributed by atoms with Gasteiger partial charge in [0.25, 0.3) is 0 Å². The molecule has 2 saturated heterocycles. The Balaban J connectivity index is 1.48. The van der Waals surface area contributed by atoms with Crippen molar-refractivity contribution in [1.82, 2.24) is 14.0 Å². The van der Waals surface area contributed by atoms with Crippen LogP contribution in [0.1, 0.15) is 31.4 Å². The van der Waals surface area contributed by atoms with Crippen molar-refractivity contribution in [3.05, 3.63) is 52.3 Å². The number of nitrogens with zero attached hydrogens (tertiary/aromatic N) is 3. The Bertz CT molecular complexity index is 964. The smallest absolute Gasteiger partial charge is 0.338 e. The first-order chi connectivity index (χ1) is 14.0. The van der Waals surface area contributed by atoms with Crippen LogP contribution in [0.2, 0.25) is 0 Å². The first-order valence-corrected chi connectivity index (χ1v) is 10.1. The van der Waals surface area contributed by atoms with Crippen molar-refractivity contribution < 1.29 is 9.53 Å². The highest BCUT2D eigenvalue weighted by Gasteiger charge is 2.29. The first-order valence-electron chi connectivity index (χ1n) is 10.1. The zero-order valence-corrected chi connectivity index (χ0v) is 16.7. The van der Waals surface area contributed by atoms with E-state index in [0.717, 1.165) is 36.7 Å². The Labute approximate surface area is 169 Å². The molecule has 2 aliphatic heterocycles. The van der Waals surface area contributed by atoms with Crippen LogP contribution in [-0.2, 0) is 11.8 Å². The van der Waals surface area contributed by atoms with Crippen LogP contribution >= 0.6 is 0 Å². The Kier molecular flexibility index (Phi) is 5.27. The van der Waals surface area contributed by atoms with Crippen molar-refractivity contribution in [3.8, 4) is 0 Å². The number of fused-ring (bicyclic) bond motifs is 1. The number of likely N-dealkylation sites (tertiary alicyclic amines) is 1. The predicted molar refractivity (Wildman–Crippen MR) is 112 cm³/mol. The molecule has 4 rings (SSSR count). The summed E-state index contributed by atoms with van der Waals surface area (Å²) in [4.78, 5) is 27.0. The van der Waals surface area contributed by atoms with Crippen LogP contribution in [0.5, 0.6) is 0 Å². The summed E-state index contributed by atoms with van der Waals surface area (Å²) in [7, 11) is 1.56. The SMILES string of the molecule is C=C(CCC1=CC2CCOC2C=C1)Nc1c(C=N)n(C)c(=O)n1C(=O)N1CCC1. The zero-order chi connectivity index (χ0) is 20.5. The maximum atomic E-state index is 12.7. The van der Waals surface area contributed by atoms with Crippen molar-refractivity contribution in [2.75, 3.05) is 25.0 Å². The number of amides is 1. The lowest BCUT2D eigenvalue weighted by Crippen LogP contribution is -2.47. The molecule has 1 aromatic heterocycles. The van der Waals surface area contributed by atoms with E-state index in [1.165, 1.54) is 10.1 Å². The summed E-state index contributed by atoms with van der Waals surface area (Å²) >= 11 is 0. The summed E-state index contributed by atoms with van der Waals surface area (Å²) < 4.78 is 8.09. The number of rotatable bonds is 6. The molecule has 0 radical (unpaired) electrons. The molecule has 2 fully saturated rings. The molecule has 8 heteroatoms. The molecule has 3 aliphatic rings. The second kappa shape index (κ2) is 7.87. The molecule has 2 atom stereocenters. The number of carbonyl (C=O) groups is 1. The maximum absolute atomic E-state index is 12.7. The van der Waals surface area contributed by atoms with Gasteiger partial charge in [-0.2, -0.15) is 4.57 Å². The number of anilines is 1. The highest BCUT2D eigenvalue weighted by molar-refractivity contribution is 5.89. The van der Waals surface area contributed by atoms with Crippen LogP contribution < -0.4 is 11.0 Å². The number of allylic oxidation sites excluding steroid dienone is 3. The minimum Gasteiger partial charge on any atom is -0.374 e. The molecule has 29 heavy (non-hydrogen) atoms. The second-order valence-electron chi connectivity index (χ2n) is 7.80. The summed E-state index contributed by atoms with van der Waals surface area (Å²) in [5, 5.41) is 10.8. The number of carbonyl (C=O) groups excluding carboxylic acids is 1. The quantitative estimate of drug-likeness (QED) is 0.722. The van der Waals surface area contributed by atoms with Gasteiger partial charge in [-0.3, -0.25) is 4.57 Å². The van der Waals surface area contributed by atoms with Gasteiger partial charge in [0.15, 0.2) is 0 Å². The molecule has 154 valence electrons. The van der Waals surface area contributed by atoms with Gasteiger partial charge in [0, 0.05) is 44.6 Å². The predicted octanol–water partition coefficient (Wildman–Crippen LogP) is 2.47. The summed E-state index contributed by atoms with van der Waals surface area (Å²) in [5.41, 5.74) is 1.84. The van der Waals surface area contributed by atoms with Gasteiger partial charge in [0.1, 0.15) is 11.5 Å². The molecule has 2 unspecified atom stereocenters. The van der Waals surface area contributed by atoms with Crippen molar-refractivity contribution in [2.24, 2.45) is 13.0 Å². The second-order valence-corrected chi connectivity index (χ2v) is 7.80. The van der Waals surface area contributed by atoms with E-state index >= 15 is 0 Å². The van der Waals surface area contributed by atoms with Crippen LogP contribution in [0.3, 0.4) is 0 Å². The normalized spacial score (nSPS) is 22.7. The topological polar surface area (TPSA) is 92.3 Å². The molecule has 0 aromatic carbocycles. The van der Waals surface area contributed by atoms with Crippen LogP contribution in [0.25, 0.3) is 0 Å². The maximum Gasteiger partial charge on any atom is 0.338 e. The highest BCUT2D eigenvalue weighted by Crippen LogP contribution is 2.30. The highest BCUT2D eigenvalue weighted by atomic mass is 16.5. The summed E-state index contributed by atoms with van der Waals surface area (Å²) in [6.45, 7) is 6.18. The van der Waals surface area contributed by atoms with E-state index in [1.807, 2.05) is 0 Å². The average molecular weight is 397 g/mol. The fourth-order valence-electron chi connectivity index (χ4n) is 3.98. The summed E-state index contributed by atoms with van der Waals surface area (Å²) in [5.74, 6) is 0.765. The third-order valence-electron chi connectivity index (χ3n) is 5.88. The van der Waals surface area contributed by atoms with Gasteiger partial charge >= 0.3 is 11.7 Å². The number of hydrogen-bond donors (Lipinski definition) is 2. The molecule has 1 aliphatic carbocycles.